The number of carbonyl (C=O) groups excluding carboxylic acids is 1. The van der Waals surface area contributed by atoms with Crippen molar-refractivity contribution >= 4 is 28.0 Å². The molecule has 10 nitrogen and oxygen atoms in total. The van der Waals surface area contributed by atoms with E-state index in [-0.39, 0.29) is 5.56 Å². The summed E-state index contributed by atoms with van der Waals surface area (Å²) in [5.74, 6) is 10.7. The average molecular weight is 310 g/mol. The van der Waals surface area contributed by atoms with E-state index in [0.717, 1.165) is 0 Å². The lowest BCUT2D eigenvalue weighted by Crippen LogP contribution is -2.11. The molecule has 4 aromatic rings. The van der Waals surface area contributed by atoms with Crippen LogP contribution in [0.2, 0.25) is 0 Å². The molecule has 5 N–H and O–H groups in total. The maximum Gasteiger partial charge on any atom is 0.358 e. The first-order valence-electron chi connectivity index (χ1n) is 6.52. The largest absolute Gasteiger partial charge is 0.370 e. The zero-order chi connectivity index (χ0) is 16.0. The number of fused-ring (bicyclic) bond motifs is 2. The summed E-state index contributed by atoms with van der Waals surface area (Å²) in [6.45, 7) is 0. The van der Waals surface area contributed by atoms with Gasteiger partial charge in [-0.25, -0.2) is 19.4 Å². The second-order valence-corrected chi connectivity index (χ2v) is 4.77. The molecule has 0 spiro atoms. The van der Waals surface area contributed by atoms with Crippen LogP contribution < -0.4 is 11.7 Å². The number of hydrogen-bond donors (Lipinski definition) is 3. The number of nitrogen functional groups attached to an aromatic ring is 1. The van der Waals surface area contributed by atoms with E-state index in [1.54, 1.807) is 24.5 Å². The minimum absolute atomic E-state index is 0.198. The Morgan fingerprint density at radius 1 is 1.35 bits per heavy atom. The first-order valence-corrected chi connectivity index (χ1v) is 6.52. The highest BCUT2D eigenvalue weighted by molar-refractivity contribution is 5.97. The highest BCUT2D eigenvalue weighted by Crippen LogP contribution is 2.27. The van der Waals surface area contributed by atoms with Crippen LogP contribution in [0.1, 0.15) is 10.4 Å². The molecule has 23 heavy (non-hydrogen) atoms. The fourth-order valence-electron chi connectivity index (χ4n) is 2.37. The van der Waals surface area contributed by atoms with Gasteiger partial charge in [-0.05, 0) is 12.1 Å². The van der Waals surface area contributed by atoms with E-state index < -0.39 is 5.97 Å². The number of aromatic amines is 1. The number of nitrogens with two attached hydrogens (primary N) is 2. The zero-order valence-electron chi connectivity index (χ0n) is 11.6. The van der Waals surface area contributed by atoms with Gasteiger partial charge in [0.2, 0.25) is 0 Å². The lowest BCUT2D eigenvalue weighted by Gasteiger charge is -2.01. The molecule has 0 aliphatic heterocycles. The summed E-state index contributed by atoms with van der Waals surface area (Å²) in [4.78, 5) is 28.4. The minimum atomic E-state index is -0.697. The summed E-state index contributed by atoms with van der Waals surface area (Å²) < 4.78 is 1.39. The van der Waals surface area contributed by atoms with Crippen LogP contribution in [0.25, 0.3) is 33.6 Å². The van der Waals surface area contributed by atoms with Crippen LogP contribution in [0.5, 0.6) is 0 Å². The second kappa shape index (κ2) is 4.74. The van der Waals surface area contributed by atoms with Gasteiger partial charge in [-0.3, -0.25) is 10.1 Å². The molecule has 0 fully saturated rings. The van der Waals surface area contributed by atoms with E-state index in [0.29, 0.717) is 33.6 Å². The number of H-pyrrole nitrogens is 1. The molecule has 4 heterocycles. The highest BCUT2D eigenvalue weighted by atomic mass is 16.7. The molecular weight excluding hydrogens is 300 g/mol. The fourth-order valence-corrected chi connectivity index (χ4v) is 2.37. The van der Waals surface area contributed by atoms with Crippen LogP contribution >= 0.6 is 0 Å². The molecule has 0 radical (unpaired) electrons. The molecular formula is C13H10N8O2. The Kier molecular flexibility index (Phi) is 2.71. The number of aromatic nitrogens is 6. The van der Waals surface area contributed by atoms with Gasteiger partial charge in [0.15, 0.2) is 11.5 Å². The predicted octanol–water partition coefficient (Wildman–Crippen LogP) is 0.114. The van der Waals surface area contributed by atoms with E-state index in [1.165, 1.54) is 10.9 Å². The van der Waals surface area contributed by atoms with Crippen molar-refractivity contribution in [2.75, 3.05) is 5.84 Å². The fraction of sp³-hybridized carbons (Fsp3) is 0. The Labute approximate surface area is 128 Å². The standard InChI is InChI=1S/C13H10N8O2/c14-21-9-5-16-2-1-8(9)18-12(21)10-7-3-6(13(22)23-15)4-17-11(7)20-19-10/h1-5H,14-15H2,(H,17,19,20). The number of nitrogens with one attached hydrogen (secondary N) is 1. The van der Waals surface area contributed by atoms with E-state index in [2.05, 4.69) is 30.0 Å². The van der Waals surface area contributed by atoms with Crippen molar-refractivity contribution in [1.82, 2.24) is 29.8 Å². The second-order valence-electron chi connectivity index (χ2n) is 4.77. The normalized spacial score (nSPS) is 11.2. The Bertz CT molecular complexity index is 1050. The summed E-state index contributed by atoms with van der Waals surface area (Å²) in [6.07, 6.45) is 4.57. The van der Waals surface area contributed by atoms with Gasteiger partial charge in [0.05, 0.1) is 22.7 Å². The van der Waals surface area contributed by atoms with Crippen molar-refractivity contribution in [2.24, 2.45) is 5.90 Å². The third kappa shape index (κ3) is 1.89. The van der Waals surface area contributed by atoms with Crippen molar-refractivity contribution in [3.05, 3.63) is 36.3 Å². The number of carbonyl (C=O) groups is 1. The van der Waals surface area contributed by atoms with Gasteiger partial charge in [-0.15, -0.1) is 0 Å². The van der Waals surface area contributed by atoms with Crippen molar-refractivity contribution in [1.29, 1.82) is 0 Å². The third-order valence-electron chi connectivity index (χ3n) is 3.47. The molecule has 0 saturated heterocycles. The monoisotopic (exact) mass is 310 g/mol. The summed E-state index contributed by atoms with van der Waals surface area (Å²) in [5, 5.41) is 7.50. The van der Waals surface area contributed by atoms with E-state index in [1.807, 2.05) is 0 Å². The molecule has 4 rings (SSSR count). The summed E-state index contributed by atoms with van der Waals surface area (Å²) in [7, 11) is 0. The first kappa shape index (κ1) is 13.2. The molecule has 4 aromatic heterocycles. The number of hydrogen-bond acceptors (Lipinski definition) is 8. The van der Waals surface area contributed by atoms with Crippen LogP contribution in [-0.2, 0) is 4.84 Å². The first-order chi connectivity index (χ1) is 11.2. The Balaban J connectivity index is 1.97. The minimum Gasteiger partial charge on any atom is -0.370 e. The van der Waals surface area contributed by atoms with Crippen LogP contribution in [0.4, 0.5) is 0 Å². The summed E-state index contributed by atoms with van der Waals surface area (Å²) >= 11 is 0. The maximum absolute atomic E-state index is 11.6. The molecule has 0 aliphatic rings. The van der Waals surface area contributed by atoms with E-state index in [4.69, 9.17) is 11.7 Å². The zero-order valence-corrected chi connectivity index (χ0v) is 11.6. The van der Waals surface area contributed by atoms with Crippen LogP contribution in [0, 0.1) is 0 Å². The molecule has 0 unspecified atom stereocenters. The van der Waals surface area contributed by atoms with Crippen LogP contribution in [-0.4, -0.2) is 35.8 Å². The van der Waals surface area contributed by atoms with Gasteiger partial charge in [0, 0.05) is 12.4 Å². The highest BCUT2D eigenvalue weighted by Gasteiger charge is 2.18. The van der Waals surface area contributed by atoms with Gasteiger partial charge in [-0.2, -0.15) is 11.0 Å². The Morgan fingerprint density at radius 2 is 2.22 bits per heavy atom. The topological polar surface area (TPSA) is 151 Å². The average Bonchev–Trinajstić information content (AvgIpc) is 3.15. The smallest absolute Gasteiger partial charge is 0.358 e. The molecule has 0 saturated carbocycles. The molecule has 114 valence electrons. The molecule has 0 amide bonds. The maximum atomic E-state index is 11.6. The van der Waals surface area contributed by atoms with Gasteiger partial charge in [0.1, 0.15) is 11.2 Å². The lowest BCUT2D eigenvalue weighted by molar-refractivity contribution is 0.0503. The van der Waals surface area contributed by atoms with Crippen molar-refractivity contribution in [3.8, 4) is 11.5 Å². The van der Waals surface area contributed by atoms with Crippen molar-refractivity contribution < 1.29 is 9.63 Å². The van der Waals surface area contributed by atoms with E-state index >= 15 is 0 Å². The summed E-state index contributed by atoms with van der Waals surface area (Å²) in [5.41, 5.74) is 2.49. The Morgan fingerprint density at radius 3 is 3.00 bits per heavy atom. The number of pyridine rings is 2. The SMILES string of the molecule is NOC(=O)c1cnc2n[nH]c(-c3nc4ccncc4n3N)c2c1. The number of rotatable bonds is 2. The molecule has 0 aliphatic carbocycles. The van der Waals surface area contributed by atoms with Gasteiger partial charge < -0.3 is 10.7 Å². The Hall–Kier alpha value is -3.53. The van der Waals surface area contributed by atoms with Crippen molar-refractivity contribution in [2.45, 2.75) is 0 Å². The molecule has 0 bridgehead atoms. The van der Waals surface area contributed by atoms with Gasteiger partial charge in [-0.1, -0.05) is 0 Å². The van der Waals surface area contributed by atoms with Crippen LogP contribution in [0.3, 0.4) is 0 Å². The van der Waals surface area contributed by atoms with Gasteiger partial charge >= 0.3 is 5.97 Å². The lowest BCUT2D eigenvalue weighted by atomic mass is 10.2. The quantitative estimate of drug-likeness (QED) is 0.348. The third-order valence-corrected chi connectivity index (χ3v) is 3.47. The predicted molar refractivity (Wildman–Crippen MR) is 80.2 cm³/mol. The molecule has 10 heteroatoms. The molecule has 0 aromatic carbocycles. The molecule has 0 atom stereocenters. The van der Waals surface area contributed by atoms with Crippen molar-refractivity contribution in [3.63, 3.8) is 0 Å². The van der Waals surface area contributed by atoms with Gasteiger partial charge in [0.25, 0.3) is 0 Å². The van der Waals surface area contributed by atoms with Crippen LogP contribution in [0.15, 0.2) is 30.7 Å². The number of imidazole rings is 1. The van der Waals surface area contributed by atoms with E-state index in [9.17, 15) is 4.79 Å². The summed E-state index contributed by atoms with van der Waals surface area (Å²) in [6, 6.07) is 3.31. The number of nitrogens with zero attached hydrogens (tertiary/aromatic N) is 5.